The summed E-state index contributed by atoms with van der Waals surface area (Å²) in [6.45, 7) is 3.90. The standard InChI is InChI=1S/C33H36N4O4/c1-21-26-12-13-29-32(21)34-35-37(29)15-6-4-3-5-7-22-8-11-27(30(17-22)41-2)33(40)36-16-14-23-9-10-24(18-25(23)20-36)28(26)19-31(38)39/h8-13,17-18,28H,3-7,14-16,19-20H2,1-2H3,(H,38,39)/t28-/m0/s1. The van der Waals surface area contributed by atoms with Crippen molar-refractivity contribution in [3.05, 3.63) is 87.5 Å². The summed E-state index contributed by atoms with van der Waals surface area (Å²) in [5.74, 6) is -0.629. The number of aryl methyl sites for hydroxylation is 3. The number of hydrogen-bond acceptors (Lipinski definition) is 5. The highest BCUT2D eigenvalue weighted by atomic mass is 16.5. The maximum absolute atomic E-state index is 13.7. The van der Waals surface area contributed by atoms with E-state index in [0.717, 1.165) is 78.4 Å². The maximum atomic E-state index is 13.7. The van der Waals surface area contributed by atoms with E-state index in [1.54, 1.807) is 7.11 Å². The Bertz CT molecular complexity index is 1630. The van der Waals surface area contributed by atoms with Gasteiger partial charge in [0, 0.05) is 25.6 Å². The van der Waals surface area contributed by atoms with Crippen molar-refractivity contribution in [3.63, 3.8) is 0 Å². The van der Waals surface area contributed by atoms with Gasteiger partial charge in [0.1, 0.15) is 11.3 Å². The predicted molar refractivity (Wildman–Crippen MR) is 156 cm³/mol. The Labute approximate surface area is 239 Å². The van der Waals surface area contributed by atoms with Crippen LogP contribution in [0.4, 0.5) is 0 Å². The van der Waals surface area contributed by atoms with Crippen molar-refractivity contribution in [1.29, 1.82) is 0 Å². The van der Waals surface area contributed by atoms with Crippen LogP contribution in [0, 0.1) is 6.92 Å². The van der Waals surface area contributed by atoms with E-state index in [4.69, 9.17) is 4.74 Å². The summed E-state index contributed by atoms with van der Waals surface area (Å²) in [7, 11) is 1.62. The Morgan fingerprint density at radius 3 is 2.68 bits per heavy atom. The molecule has 4 aromatic rings. The lowest BCUT2D eigenvalue weighted by Crippen LogP contribution is -2.36. The van der Waals surface area contributed by atoms with Gasteiger partial charge < -0.3 is 14.7 Å². The number of nitrogens with zero attached hydrogens (tertiary/aromatic N) is 4. The molecule has 1 atom stereocenters. The molecule has 41 heavy (non-hydrogen) atoms. The summed E-state index contributed by atoms with van der Waals surface area (Å²) in [6, 6.07) is 16.3. The molecule has 0 fully saturated rings. The Kier molecular flexibility index (Phi) is 7.47. The second-order valence-corrected chi connectivity index (χ2v) is 11.3. The molecule has 1 aromatic heterocycles. The van der Waals surface area contributed by atoms with Gasteiger partial charge in [-0.1, -0.05) is 48.4 Å². The van der Waals surface area contributed by atoms with Gasteiger partial charge in [-0.05, 0) is 84.2 Å². The fourth-order valence-corrected chi connectivity index (χ4v) is 6.46. The molecular weight excluding hydrogens is 516 g/mol. The van der Waals surface area contributed by atoms with Gasteiger partial charge in [-0.25, -0.2) is 4.68 Å². The van der Waals surface area contributed by atoms with Crippen molar-refractivity contribution in [3.8, 4) is 5.75 Å². The average Bonchev–Trinajstić information content (AvgIpc) is 3.40. The number of carbonyl (C=O) groups excluding carboxylic acids is 1. The molecule has 0 saturated heterocycles. The van der Waals surface area contributed by atoms with Crippen LogP contribution in [0.5, 0.6) is 5.75 Å². The largest absolute Gasteiger partial charge is 0.496 e. The van der Waals surface area contributed by atoms with Crippen LogP contribution in [-0.4, -0.2) is 50.5 Å². The highest BCUT2D eigenvalue weighted by molar-refractivity contribution is 5.97. The lowest BCUT2D eigenvalue weighted by atomic mass is 9.83. The molecule has 212 valence electrons. The van der Waals surface area contributed by atoms with Crippen LogP contribution in [0.1, 0.15) is 81.8 Å². The molecule has 3 aromatic carbocycles. The van der Waals surface area contributed by atoms with E-state index in [2.05, 4.69) is 22.4 Å². The number of benzene rings is 3. The number of carbonyl (C=O) groups is 2. The topological polar surface area (TPSA) is 97.6 Å². The number of methoxy groups -OCH3 is 1. The molecule has 0 unspecified atom stereocenters. The molecule has 8 heteroatoms. The SMILES string of the molecule is COc1cc2ccc1C(=O)N1CCc3ccc(cc3C1)[C@H](CC(=O)O)c1ccc3c(nnn3CCCCCC2)c1C. The summed E-state index contributed by atoms with van der Waals surface area (Å²) in [5.41, 5.74) is 8.65. The molecule has 5 aliphatic heterocycles. The van der Waals surface area contributed by atoms with E-state index >= 15 is 0 Å². The Morgan fingerprint density at radius 2 is 1.85 bits per heavy atom. The van der Waals surface area contributed by atoms with Gasteiger partial charge in [0.05, 0.1) is 24.6 Å². The lowest BCUT2D eigenvalue weighted by Gasteiger charge is -2.30. The predicted octanol–water partition coefficient (Wildman–Crippen LogP) is 5.67. The molecule has 8 nitrogen and oxygen atoms in total. The van der Waals surface area contributed by atoms with E-state index in [9.17, 15) is 14.7 Å². The van der Waals surface area contributed by atoms with Crippen molar-refractivity contribution in [1.82, 2.24) is 19.9 Å². The quantitative estimate of drug-likeness (QED) is 0.352. The minimum atomic E-state index is -0.857. The molecule has 5 aliphatic rings. The fraction of sp³-hybridized carbons (Fsp3) is 0.394. The first kappa shape index (κ1) is 27.0. The molecule has 9 rings (SSSR count). The normalized spacial score (nSPS) is 17.7. The zero-order valence-electron chi connectivity index (χ0n) is 23.7. The van der Waals surface area contributed by atoms with E-state index in [-0.39, 0.29) is 18.2 Å². The first-order valence-electron chi connectivity index (χ1n) is 14.6. The minimum absolute atomic E-state index is 0.0362. The number of hydrogen-bond donors (Lipinski definition) is 1. The van der Waals surface area contributed by atoms with Crippen molar-refractivity contribution in [2.24, 2.45) is 0 Å². The number of carboxylic acids is 1. The summed E-state index contributed by atoms with van der Waals surface area (Å²) >= 11 is 0. The summed E-state index contributed by atoms with van der Waals surface area (Å²) in [4.78, 5) is 27.6. The van der Waals surface area contributed by atoms with E-state index in [1.165, 1.54) is 11.1 Å². The fourth-order valence-electron chi connectivity index (χ4n) is 6.46. The smallest absolute Gasteiger partial charge is 0.304 e. The molecule has 0 saturated carbocycles. The molecule has 0 radical (unpaired) electrons. The van der Waals surface area contributed by atoms with Crippen LogP contribution in [0.25, 0.3) is 11.0 Å². The third-order valence-corrected chi connectivity index (χ3v) is 8.75. The van der Waals surface area contributed by atoms with Crippen molar-refractivity contribution < 1.29 is 19.4 Å². The Morgan fingerprint density at radius 1 is 1.00 bits per heavy atom. The van der Waals surface area contributed by atoms with E-state index < -0.39 is 5.97 Å². The van der Waals surface area contributed by atoms with Crippen LogP contribution in [0.15, 0.2) is 48.5 Å². The van der Waals surface area contributed by atoms with Gasteiger partial charge in [0.2, 0.25) is 0 Å². The zero-order valence-corrected chi connectivity index (χ0v) is 23.7. The van der Waals surface area contributed by atoms with Crippen LogP contribution < -0.4 is 4.74 Å². The molecule has 1 amide bonds. The third-order valence-electron chi connectivity index (χ3n) is 8.75. The first-order valence-corrected chi connectivity index (χ1v) is 14.6. The molecule has 0 aliphatic carbocycles. The van der Waals surface area contributed by atoms with Gasteiger partial charge >= 0.3 is 5.97 Å². The second-order valence-electron chi connectivity index (χ2n) is 11.3. The molecule has 1 N–H and O–H groups in total. The molecule has 6 heterocycles. The van der Waals surface area contributed by atoms with Crippen molar-refractivity contribution >= 4 is 22.9 Å². The van der Waals surface area contributed by atoms with Crippen LogP contribution in [0.3, 0.4) is 0 Å². The lowest BCUT2D eigenvalue weighted by molar-refractivity contribution is -0.137. The van der Waals surface area contributed by atoms with Crippen molar-refractivity contribution in [2.75, 3.05) is 13.7 Å². The van der Waals surface area contributed by atoms with E-state index in [0.29, 0.717) is 24.4 Å². The maximum Gasteiger partial charge on any atom is 0.304 e. The number of amides is 1. The van der Waals surface area contributed by atoms with Gasteiger partial charge in [0.15, 0.2) is 0 Å². The molecule has 9 bridgehead atoms. The highest BCUT2D eigenvalue weighted by Crippen LogP contribution is 2.36. The second kappa shape index (κ2) is 11.4. The number of rotatable bonds is 3. The summed E-state index contributed by atoms with van der Waals surface area (Å²) in [5, 5.41) is 18.9. The van der Waals surface area contributed by atoms with Gasteiger partial charge in [-0.3, -0.25) is 9.59 Å². The first-order chi connectivity index (χ1) is 19.9. The number of ether oxygens (including phenoxy) is 1. The highest BCUT2D eigenvalue weighted by Gasteiger charge is 2.27. The van der Waals surface area contributed by atoms with Crippen molar-refractivity contribution in [2.45, 2.75) is 70.9 Å². The monoisotopic (exact) mass is 552 g/mol. The van der Waals surface area contributed by atoms with Gasteiger partial charge in [-0.15, -0.1) is 5.10 Å². The summed E-state index contributed by atoms with van der Waals surface area (Å²) < 4.78 is 7.64. The Balaban J connectivity index is 1.43. The minimum Gasteiger partial charge on any atom is -0.496 e. The Hall–Kier alpha value is -4.20. The average molecular weight is 553 g/mol. The van der Waals surface area contributed by atoms with Gasteiger partial charge in [-0.2, -0.15) is 0 Å². The molecule has 0 spiro atoms. The number of carboxylic acid groups (broad SMARTS) is 1. The van der Waals surface area contributed by atoms with E-state index in [1.807, 2.05) is 52.9 Å². The molecular formula is C33H36N4O4. The summed E-state index contributed by atoms with van der Waals surface area (Å²) in [6.07, 6.45) is 5.90. The number of aliphatic carboxylic acids is 1. The van der Waals surface area contributed by atoms with Gasteiger partial charge in [0.25, 0.3) is 5.91 Å². The van der Waals surface area contributed by atoms with Crippen LogP contribution in [-0.2, 0) is 30.7 Å². The van der Waals surface area contributed by atoms with Crippen LogP contribution in [0.2, 0.25) is 0 Å². The number of aromatic nitrogens is 3. The zero-order chi connectivity index (χ0) is 28.5. The third kappa shape index (κ3) is 5.31. The van der Waals surface area contributed by atoms with Crippen LogP contribution >= 0.6 is 0 Å².